The normalized spacial score (nSPS) is 10.4. The van der Waals surface area contributed by atoms with Crippen molar-refractivity contribution in [2.24, 2.45) is 0 Å². The number of hydrogen-bond donors (Lipinski definition) is 2. The van der Waals surface area contributed by atoms with Crippen LogP contribution in [0.5, 0.6) is 28.7 Å². The molecule has 0 heterocycles. The number of hydrogen-bond acceptors (Lipinski definition) is 7. The SMILES string of the molecule is COC(=O)c1cc(OC)c2cc(OC)c(OC)c(O)c2c1O. The van der Waals surface area contributed by atoms with Crippen LogP contribution in [0.2, 0.25) is 0 Å². The van der Waals surface area contributed by atoms with Crippen LogP contribution in [0.4, 0.5) is 0 Å². The zero-order chi connectivity index (χ0) is 16.4. The van der Waals surface area contributed by atoms with Crippen molar-refractivity contribution in [3.05, 3.63) is 17.7 Å². The second-order valence-electron chi connectivity index (χ2n) is 4.35. The van der Waals surface area contributed by atoms with Gasteiger partial charge in [-0.05, 0) is 12.1 Å². The van der Waals surface area contributed by atoms with E-state index in [0.29, 0.717) is 5.39 Å². The minimum atomic E-state index is -0.758. The summed E-state index contributed by atoms with van der Waals surface area (Å²) in [6, 6.07) is 2.86. The minimum Gasteiger partial charge on any atom is -0.506 e. The molecule has 22 heavy (non-hydrogen) atoms. The second kappa shape index (κ2) is 5.88. The number of benzene rings is 2. The Labute approximate surface area is 126 Å². The lowest BCUT2D eigenvalue weighted by molar-refractivity contribution is 0.0597. The molecule has 0 aliphatic rings. The maximum atomic E-state index is 11.8. The summed E-state index contributed by atoms with van der Waals surface area (Å²) in [5.41, 5.74) is -0.130. The van der Waals surface area contributed by atoms with Gasteiger partial charge in [0, 0.05) is 5.39 Å². The van der Waals surface area contributed by atoms with E-state index < -0.39 is 11.7 Å². The van der Waals surface area contributed by atoms with Crippen molar-refractivity contribution in [1.29, 1.82) is 0 Å². The van der Waals surface area contributed by atoms with E-state index in [2.05, 4.69) is 4.74 Å². The minimum absolute atomic E-state index is 0.0115. The van der Waals surface area contributed by atoms with Gasteiger partial charge in [-0.2, -0.15) is 0 Å². The Balaban J connectivity index is 2.97. The molecule has 0 saturated carbocycles. The van der Waals surface area contributed by atoms with Crippen molar-refractivity contribution in [2.75, 3.05) is 28.4 Å². The van der Waals surface area contributed by atoms with Crippen LogP contribution >= 0.6 is 0 Å². The molecule has 118 valence electrons. The molecule has 0 amide bonds. The second-order valence-corrected chi connectivity index (χ2v) is 4.35. The van der Waals surface area contributed by atoms with E-state index in [1.165, 1.54) is 40.6 Å². The number of fused-ring (bicyclic) bond motifs is 1. The molecule has 0 bridgehead atoms. The molecular formula is C15H16O7. The summed E-state index contributed by atoms with van der Waals surface area (Å²) >= 11 is 0. The van der Waals surface area contributed by atoms with Crippen molar-refractivity contribution >= 4 is 16.7 Å². The monoisotopic (exact) mass is 308 g/mol. The fourth-order valence-electron chi connectivity index (χ4n) is 2.26. The molecule has 7 nitrogen and oxygen atoms in total. The molecule has 0 aliphatic carbocycles. The Kier molecular flexibility index (Phi) is 4.16. The first-order valence-electron chi connectivity index (χ1n) is 6.26. The lowest BCUT2D eigenvalue weighted by Crippen LogP contribution is -2.03. The van der Waals surface area contributed by atoms with Crippen LogP contribution in [-0.2, 0) is 4.74 Å². The molecule has 0 unspecified atom stereocenters. The summed E-state index contributed by atoms with van der Waals surface area (Å²) in [6.45, 7) is 0. The number of phenols is 2. The Bertz CT molecular complexity index is 737. The first-order chi connectivity index (χ1) is 10.5. The molecule has 0 saturated heterocycles. The average Bonchev–Trinajstić information content (AvgIpc) is 2.53. The van der Waals surface area contributed by atoms with Crippen molar-refractivity contribution in [1.82, 2.24) is 0 Å². The highest BCUT2D eigenvalue weighted by molar-refractivity contribution is 6.07. The van der Waals surface area contributed by atoms with E-state index >= 15 is 0 Å². The van der Waals surface area contributed by atoms with Crippen LogP contribution in [-0.4, -0.2) is 44.6 Å². The van der Waals surface area contributed by atoms with E-state index in [-0.39, 0.29) is 33.9 Å². The maximum Gasteiger partial charge on any atom is 0.341 e. The van der Waals surface area contributed by atoms with E-state index in [9.17, 15) is 15.0 Å². The highest BCUT2D eigenvalue weighted by Crippen LogP contribution is 2.49. The predicted molar refractivity (Wildman–Crippen MR) is 78.3 cm³/mol. The Morgan fingerprint density at radius 2 is 1.55 bits per heavy atom. The predicted octanol–water partition coefficient (Wildman–Crippen LogP) is 2.06. The summed E-state index contributed by atoms with van der Waals surface area (Å²) in [5.74, 6) is -0.985. The quantitative estimate of drug-likeness (QED) is 0.835. The third-order valence-corrected chi connectivity index (χ3v) is 3.30. The first kappa shape index (κ1) is 15.6. The average molecular weight is 308 g/mol. The Morgan fingerprint density at radius 1 is 0.909 bits per heavy atom. The maximum absolute atomic E-state index is 11.8. The van der Waals surface area contributed by atoms with Gasteiger partial charge in [0.1, 0.15) is 17.1 Å². The Hall–Kier alpha value is -2.83. The van der Waals surface area contributed by atoms with Gasteiger partial charge in [0.05, 0.1) is 33.8 Å². The van der Waals surface area contributed by atoms with Gasteiger partial charge in [-0.1, -0.05) is 0 Å². The molecule has 0 fully saturated rings. The summed E-state index contributed by atoms with van der Waals surface area (Å²) < 4.78 is 20.1. The van der Waals surface area contributed by atoms with Crippen LogP contribution < -0.4 is 14.2 Å². The van der Waals surface area contributed by atoms with Crippen molar-refractivity contribution < 1.29 is 34.0 Å². The molecule has 0 atom stereocenters. The largest absolute Gasteiger partial charge is 0.506 e. The number of rotatable bonds is 4. The van der Waals surface area contributed by atoms with Gasteiger partial charge in [0.25, 0.3) is 0 Å². The number of methoxy groups -OCH3 is 4. The number of ether oxygens (including phenoxy) is 4. The number of esters is 1. The van der Waals surface area contributed by atoms with Crippen molar-refractivity contribution in [3.63, 3.8) is 0 Å². The first-order valence-corrected chi connectivity index (χ1v) is 6.26. The molecule has 0 radical (unpaired) electrons. The summed E-state index contributed by atoms with van der Waals surface area (Å²) in [4.78, 5) is 11.8. The molecular weight excluding hydrogens is 292 g/mol. The molecule has 2 rings (SSSR count). The number of carbonyl (C=O) groups is 1. The summed E-state index contributed by atoms with van der Waals surface area (Å²) in [6.07, 6.45) is 0. The van der Waals surface area contributed by atoms with Gasteiger partial charge >= 0.3 is 5.97 Å². The molecule has 0 aliphatic heterocycles. The lowest BCUT2D eigenvalue weighted by atomic mass is 10.0. The zero-order valence-electron chi connectivity index (χ0n) is 12.6. The van der Waals surface area contributed by atoms with Crippen LogP contribution in [0, 0.1) is 0 Å². The van der Waals surface area contributed by atoms with Crippen molar-refractivity contribution in [3.8, 4) is 28.7 Å². The van der Waals surface area contributed by atoms with E-state index in [0.717, 1.165) is 0 Å². The standard InChI is InChI=1S/C15H16O7/c1-19-9-6-8(15(18)22-4)12(16)11-7(9)5-10(20-2)14(21-3)13(11)17/h5-6,16-17H,1-4H3. The number of carbonyl (C=O) groups excluding carboxylic acids is 1. The Morgan fingerprint density at radius 3 is 2.05 bits per heavy atom. The van der Waals surface area contributed by atoms with Crippen LogP contribution in [0.3, 0.4) is 0 Å². The van der Waals surface area contributed by atoms with Crippen LogP contribution in [0.15, 0.2) is 12.1 Å². The molecule has 0 spiro atoms. The molecule has 0 aromatic heterocycles. The highest BCUT2D eigenvalue weighted by atomic mass is 16.5. The van der Waals surface area contributed by atoms with Crippen LogP contribution in [0.25, 0.3) is 10.8 Å². The van der Waals surface area contributed by atoms with E-state index in [1.807, 2.05) is 0 Å². The van der Waals surface area contributed by atoms with Crippen LogP contribution in [0.1, 0.15) is 10.4 Å². The van der Waals surface area contributed by atoms with Gasteiger partial charge in [-0.25, -0.2) is 4.79 Å². The number of phenolic OH excluding ortho intramolecular Hbond substituents is 2. The summed E-state index contributed by atoms with van der Waals surface area (Å²) in [7, 11) is 5.35. The summed E-state index contributed by atoms with van der Waals surface area (Å²) in [5, 5.41) is 21.1. The van der Waals surface area contributed by atoms with Gasteiger partial charge in [0.2, 0.25) is 5.75 Å². The molecule has 2 aromatic rings. The highest BCUT2D eigenvalue weighted by Gasteiger charge is 2.24. The fourth-order valence-corrected chi connectivity index (χ4v) is 2.26. The smallest absolute Gasteiger partial charge is 0.341 e. The third kappa shape index (κ3) is 2.20. The van der Waals surface area contributed by atoms with E-state index in [4.69, 9.17) is 14.2 Å². The van der Waals surface area contributed by atoms with E-state index in [1.54, 1.807) is 0 Å². The number of aromatic hydroxyl groups is 2. The van der Waals surface area contributed by atoms with Gasteiger partial charge in [0.15, 0.2) is 11.5 Å². The molecule has 2 aromatic carbocycles. The van der Waals surface area contributed by atoms with Crippen molar-refractivity contribution in [2.45, 2.75) is 0 Å². The lowest BCUT2D eigenvalue weighted by Gasteiger charge is -2.16. The topological polar surface area (TPSA) is 94.5 Å². The van der Waals surface area contributed by atoms with Gasteiger partial charge in [-0.15, -0.1) is 0 Å². The van der Waals surface area contributed by atoms with Gasteiger partial charge < -0.3 is 29.2 Å². The molecule has 2 N–H and O–H groups in total. The van der Waals surface area contributed by atoms with Gasteiger partial charge in [-0.3, -0.25) is 0 Å². The third-order valence-electron chi connectivity index (χ3n) is 3.30. The fraction of sp³-hybridized carbons (Fsp3) is 0.267. The zero-order valence-corrected chi connectivity index (χ0v) is 12.6. The molecule has 7 heteroatoms.